The van der Waals surface area contributed by atoms with Crippen LogP contribution >= 0.6 is 0 Å². The minimum absolute atomic E-state index is 0.0136. The fourth-order valence-corrected chi connectivity index (χ4v) is 3.16. The molecule has 0 aliphatic carbocycles. The average molecular weight is 375 g/mol. The van der Waals surface area contributed by atoms with Gasteiger partial charge in [0, 0.05) is 44.6 Å². The summed E-state index contributed by atoms with van der Waals surface area (Å²) < 4.78 is 5.86. The number of rotatable bonds is 4. The van der Waals surface area contributed by atoms with Gasteiger partial charge in [-0.25, -0.2) is 4.98 Å². The number of piperazine rings is 1. The van der Waals surface area contributed by atoms with Crippen LogP contribution in [0.5, 0.6) is 11.6 Å². The summed E-state index contributed by atoms with van der Waals surface area (Å²) >= 11 is 0. The van der Waals surface area contributed by atoms with E-state index in [0.29, 0.717) is 43.4 Å². The summed E-state index contributed by atoms with van der Waals surface area (Å²) in [6.45, 7) is 4.52. The van der Waals surface area contributed by atoms with Gasteiger partial charge in [-0.1, -0.05) is 18.2 Å². The molecule has 1 aliphatic heterocycles. The van der Waals surface area contributed by atoms with Crippen LogP contribution in [0.15, 0.2) is 60.9 Å². The van der Waals surface area contributed by atoms with Crippen molar-refractivity contribution in [1.82, 2.24) is 19.9 Å². The predicted octanol–water partition coefficient (Wildman–Crippen LogP) is 2.93. The number of nitrogens with zero attached hydrogens (tertiary/aromatic N) is 5. The summed E-state index contributed by atoms with van der Waals surface area (Å²) in [4.78, 5) is 29.5. The molecule has 1 fully saturated rings. The Kier molecular flexibility index (Phi) is 5.14. The maximum atomic E-state index is 12.6. The zero-order valence-corrected chi connectivity index (χ0v) is 15.7. The van der Waals surface area contributed by atoms with Gasteiger partial charge in [-0.15, -0.1) is 0 Å². The maximum Gasteiger partial charge on any atom is 0.255 e. The molecule has 0 unspecified atom stereocenters. The highest BCUT2D eigenvalue weighted by atomic mass is 16.5. The molecule has 0 saturated carbocycles. The third-order valence-electron chi connectivity index (χ3n) is 4.57. The number of para-hydroxylation sites is 1. The number of anilines is 1. The lowest BCUT2D eigenvalue weighted by Crippen LogP contribution is -2.49. The predicted molar refractivity (Wildman–Crippen MR) is 106 cm³/mol. The van der Waals surface area contributed by atoms with E-state index in [4.69, 9.17) is 4.74 Å². The highest BCUT2D eigenvalue weighted by molar-refractivity contribution is 5.94. The molecular formula is C21H21N5O2. The SMILES string of the molecule is Cc1nc(Oc2ccccc2)cc(N2CCN(C(=O)c3cccnc3)CC2)n1. The Balaban J connectivity index is 1.44. The third-order valence-corrected chi connectivity index (χ3v) is 4.57. The van der Waals surface area contributed by atoms with Crippen LogP contribution in [0.3, 0.4) is 0 Å². The first-order chi connectivity index (χ1) is 13.7. The number of ether oxygens (including phenoxy) is 1. The Hall–Kier alpha value is -3.48. The van der Waals surface area contributed by atoms with Crippen molar-refractivity contribution < 1.29 is 9.53 Å². The van der Waals surface area contributed by atoms with E-state index in [1.165, 1.54) is 0 Å². The molecule has 142 valence electrons. The molecule has 0 atom stereocenters. The minimum atomic E-state index is 0.0136. The lowest BCUT2D eigenvalue weighted by Gasteiger charge is -2.35. The van der Waals surface area contributed by atoms with Gasteiger partial charge in [0.1, 0.15) is 17.4 Å². The van der Waals surface area contributed by atoms with E-state index in [9.17, 15) is 4.79 Å². The van der Waals surface area contributed by atoms with Crippen molar-refractivity contribution >= 4 is 11.7 Å². The van der Waals surface area contributed by atoms with Crippen LogP contribution in [0.25, 0.3) is 0 Å². The maximum absolute atomic E-state index is 12.6. The zero-order valence-electron chi connectivity index (χ0n) is 15.7. The molecule has 7 heteroatoms. The molecule has 28 heavy (non-hydrogen) atoms. The number of carbonyl (C=O) groups is 1. The molecule has 3 aromatic rings. The second-order valence-electron chi connectivity index (χ2n) is 6.55. The van der Waals surface area contributed by atoms with Crippen molar-refractivity contribution in [3.05, 3.63) is 72.3 Å². The second kappa shape index (κ2) is 8.04. The van der Waals surface area contributed by atoms with Crippen molar-refractivity contribution in [2.75, 3.05) is 31.1 Å². The number of hydrogen-bond donors (Lipinski definition) is 0. The minimum Gasteiger partial charge on any atom is -0.439 e. The van der Waals surface area contributed by atoms with Gasteiger partial charge in [-0.3, -0.25) is 9.78 Å². The quantitative estimate of drug-likeness (QED) is 0.698. The highest BCUT2D eigenvalue weighted by Gasteiger charge is 2.23. The van der Waals surface area contributed by atoms with E-state index in [-0.39, 0.29) is 5.91 Å². The fourth-order valence-electron chi connectivity index (χ4n) is 3.16. The Morgan fingerprint density at radius 2 is 1.79 bits per heavy atom. The van der Waals surface area contributed by atoms with Crippen LogP contribution in [0.1, 0.15) is 16.2 Å². The molecule has 0 bridgehead atoms. The molecule has 1 aromatic carbocycles. The Bertz CT molecular complexity index is 942. The molecule has 0 radical (unpaired) electrons. The summed E-state index contributed by atoms with van der Waals surface area (Å²) in [7, 11) is 0. The smallest absolute Gasteiger partial charge is 0.255 e. The summed E-state index contributed by atoms with van der Waals surface area (Å²) in [6, 6.07) is 15.0. The molecule has 1 saturated heterocycles. The second-order valence-corrected chi connectivity index (χ2v) is 6.55. The van der Waals surface area contributed by atoms with Gasteiger partial charge < -0.3 is 14.5 Å². The van der Waals surface area contributed by atoms with Gasteiger partial charge in [-0.05, 0) is 31.2 Å². The first-order valence-corrected chi connectivity index (χ1v) is 9.22. The Morgan fingerprint density at radius 1 is 1.00 bits per heavy atom. The normalized spacial score (nSPS) is 14.0. The zero-order chi connectivity index (χ0) is 19.3. The number of pyridine rings is 1. The van der Waals surface area contributed by atoms with E-state index >= 15 is 0 Å². The summed E-state index contributed by atoms with van der Waals surface area (Å²) in [5, 5.41) is 0. The standard InChI is InChI=1S/C21H21N5O2/c1-16-23-19(14-20(24-16)28-18-7-3-2-4-8-18)25-10-12-26(13-11-25)21(27)17-6-5-9-22-15-17/h2-9,14-15H,10-13H2,1H3. The molecule has 0 spiro atoms. The van der Waals surface area contributed by atoms with E-state index in [2.05, 4.69) is 19.9 Å². The van der Waals surface area contributed by atoms with Crippen molar-refractivity contribution in [2.24, 2.45) is 0 Å². The van der Waals surface area contributed by atoms with Gasteiger partial charge >= 0.3 is 0 Å². The van der Waals surface area contributed by atoms with Gasteiger partial charge in [-0.2, -0.15) is 4.98 Å². The van der Waals surface area contributed by atoms with Crippen molar-refractivity contribution in [1.29, 1.82) is 0 Å². The summed E-state index contributed by atoms with van der Waals surface area (Å²) in [5.74, 6) is 2.73. The Morgan fingerprint density at radius 3 is 2.50 bits per heavy atom. The van der Waals surface area contributed by atoms with E-state index in [0.717, 1.165) is 11.6 Å². The van der Waals surface area contributed by atoms with Crippen molar-refractivity contribution in [2.45, 2.75) is 6.92 Å². The first kappa shape index (κ1) is 17.9. The molecule has 2 aromatic heterocycles. The molecule has 3 heterocycles. The molecule has 0 N–H and O–H groups in total. The largest absolute Gasteiger partial charge is 0.439 e. The van der Waals surface area contributed by atoms with Crippen LogP contribution in [-0.2, 0) is 0 Å². The van der Waals surface area contributed by atoms with Gasteiger partial charge in [0.2, 0.25) is 5.88 Å². The first-order valence-electron chi connectivity index (χ1n) is 9.22. The summed E-state index contributed by atoms with van der Waals surface area (Å²) in [5.41, 5.74) is 0.618. The van der Waals surface area contributed by atoms with E-state index < -0.39 is 0 Å². The topological polar surface area (TPSA) is 71.5 Å². The van der Waals surface area contributed by atoms with Crippen molar-refractivity contribution in [3.63, 3.8) is 0 Å². The number of carbonyl (C=O) groups excluding carboxylic acids is 1. The molecule has 1 aliphatic rings. The van der Waals surface area contributed by atoms with Crippen LogP contribution < -0.4 is 9.64 Å². The molecular weight excluding hydrogens is 354 g/mol. The van der Waals surface area contributed by atoms with Crippen LogP contribution in [0, 0.1) is 6.92 Å². The highest BCUT2D eigenvalue weighted by Crippen LogP contribution is 2.24. The lowest BCUT2D eigenvalue weighted by molar-refractivity contribution is 0.0746. The number of aromatic nitrogens is 3. The fraction of sp³-hybridized carbons (Fsp3) is 0.238. The number of amides is 1. The van der Waals surface area contributed by atoms with Crippen molar-refractivity contribution in [3.8, 4) is 11.6 Å². The van der Waals surface area contributed by atoms with Crippen LogP contribution in [0.2, 0.25) is 0 Å². The van der Waals surface area contributed by atoms with Gasteiger partial charge in [0.25, 0.3) is 5.91 Å². The number of aryl methyl sites for hydroxylation is 1. The third kappa shape index (κ3) is 4.09. The Labute approximate surface area is 163 Å². The van der Waals surface area contributed by atoms with E-state index in [1.807, 2.05) is 48.2 Å². The lowest BCUT2D eigenvalue weighted by atomic mass is 10.2. The molecule has 7 nitrogen and oxygen atoms in total. The molecule has 1 amide bonds. The number of benzene rings is 1. The average Bonchev–Trinajstić information content (AvgIpc) is 2.74. The summed E-state index contributed by atoms with van der Waals surface area (Å²) in [6.07, 6.45) is 3.27. The van der Waals surface area contributed by atoms with Crippen LogP contribution in [0.4, 0.5) is 5.82 Å². The monoisotopic (exact) mass is 375 g/mol. The number of hydrogen-bond acceptors (Lipinski definition) is 6. The van der Waals surface area contributed by atoms with Gasteiger partial charge in [0.05, 0.1) is 5.56 Å². The van der Waals surface area contributed by atoms with Gasteiger partial charge in [0.15, 0.2) is 0 Å². The van der Waals surface area contributed by atoms with Crippen LogP contribution in [-0.4, -0.2) is 51.9 Å². The molecule has 4 rings (SSSR count). The van der Waals surface area contributed by atoms with E-state index in [1.54, 1.807) is 24.5 Å².